The van der Waals surface area contributed by atoms with Gasteiger partial charge in [0.25, 0.3) is 0 Å². The summed E-state index contributed by atoms with van der Waals surface area (Å²) in [5.74, 6) is -1.07. The molecule has 0 aliphatic rings. The average molecular weight is 353 g/mol. The number of nitrogens with zero attached hydrogens (tertiary/aromatic N) is 2. The fraction of sp³-hybridized carbons (Fsp3) is 0.0588. The predicted molar refractivity (Wildman–Crippen MR) is 95.3 cm³/mol. The molecule has 0 aliphatic heterocycles. The summed E-state index contributed by atoms with van der Waals surface area (Å²) in [5, 5.41) is 9.55. The van der Waals surface area contributed by atoms with Crippen molar-refractivity contribution < 1.29 is 9.90 Å². The molecule has 5 nitrogen and oxygen atoms in total. The molecule has 0 bridgehead atoms. The van der Waals surface area contributed by atoms with Crippen LogP contribution in [0.4, 0.5) is 0 Å². The standard InChI is InChI=1S/C17H13ClN2O3.Na.H/c18-13-6-8-14(9-7-13)20-15(12-4-2-1-3-5-12)10-19(17(20)23)11-16(21)22;;/h1-10H,11H2,(H,21,22);;. The normalized spacial score (nSPS) is 10.2. The number of rotatable bonds is 4. The van der Waals surface area contributed by atoms with Crippen LogP contribution in [0.3, 0.4) is 0 Å². The molecule has 0 unspecified atom stereocenters. The molecule has 0 saturated heterocycles. The summed E-state index contributed by atoms with van der Waals surface area (Å²) in [4.78, 5) is 23.6. The number of hydrogen-bond acceptors (Lipinski definition) is 2. The van der Waals surface area contributed by atoms with Gasteiger partial charge in [-0.25, -0.2) is 4.79 Å². The van der Waals surface area contributed by atoms with Crippen LogP contribution < -0.4 is 5.69 Å². The van der Waals surface area contributed by atoms with Crippen molar-refractivity contribution in [1.82, 2.24) is 9.13 Å². The fourth-order valence-corrected chi connectivity index (χ4v) is 2.53. The van der Waals surface area contributed by atoms with E-state index in [1.54, 1.807) is 30.5 Å². The Morgan fingerprint density at radius 3 is 2.25 bits per heavy atom. The first-order valence-electron chi connectivity index (χ1n) is 6.91. The Hall–Kier alpha value is -1.79. The van der Waals surface area contributed by atoms with E-state index in [0.717, 1.165) is 5.56 Å². The van der Waals surface area contributed by atoms with E-state index < -0.39 is 11.7 Å². The maximum absolute atomic E-state index is 12.6. The minimum atomic E-state index is -1.07. The van der Waals surface area contributed by atoms with Gasteiger partial charge in [0.15, 0.2) is 0 Å². The molecule has 2 aromatic carbocycles. The summed E-state index contributed by atoms with van der Waals surface area (Å²) >= 11 is 5.90. The topological polar surface area (TPSA) is 64.2 Å². The average Bonchev–Trinajstić information content (AvgIpc) is 2.85. The molecule has 0 radical (unpaired) electrons. The Labute approximate surface area is 165 Å². The third-order valence-electron chi connectivity index (χ3n) is 3.42. The number of imidazole rings is 1. The first-order valence-corrected chi connectivity index (χ1v) is 7.29. The monoisotopic (exact) mass is 352 g/mol. The first-order chi connectivity index (χ1) is 11.1. The van der Waals surface area contributed by atoms with Crippen LogP contribution in [0, 0.1) is 0 Å². The second-order valence-corrected chi connectivity index (χ2v) is 5.43. The Bertz CT molecular complexity index is 902. The second kappa shape index (κ2) is 7.85. The molecular formula is C17H14ClN2NaO3. The third kappa shape index (κ3) is 3.82. The molecule has 7 heteroatoms. The van der Waals surface area contributed by atoms with Gasteiger partial charge in [-0.1, -0.05) is 41.9 Å². The Morgan fingerprint density at radius 1 is 1.04 bits per heavy atom. The van der Waals surface area contributed by atoms with Crippen molar-refractivity contribution in [2.24, 2.45) is 0 Å². The van der Waals surface area contributed by atoms with Crippen LogP contribution in [-0.2, 0) is 11.3 Å². The van der Waals surface area contributed by atoms with Crippen molar-refractivity contribution in [3.8, 4) is 16.9 Å². The van der Waals surface area contributed by atoms with Gasteiger partial charge in [-0.05, 0) is 24.3 Å². The Kier molecular flexibility index (Phi) is 6.07. The molecule has 118 valence electrons. The van der Waals surface area contributed by atoms with Crippen molar-refractivity contribution in [1.29, 1.82) is 0 Å². The molecule has 1 heterocycles. The maximum atomic E-state index is 12.6. The van der Waals surface area contributed by atoms with E-state index in [9.17, 15) is 9.59 Å². The number of carboxylic acid groups (broad SMARTS) is 1. The number of benzene rings is 2. The predicted octanol–water partition coefficient (Wildman–Crippen LogP) is 2.40. The van der Waals surface area contributed by atoms with E-state index in [1.807, 2.05) is 30.3 Å². The zero-order valence-electron chi connectivity index (χ0n) is 12.0. The van der Waals surface area contributed by atoms with Gasteiger partial charge < -0.3 is 5.11 Å². The number of carbonyl (C=O) groups is 1. The van der Waals surface area contributed by atoms with E-state index in [-0.39, 0.29) is 36.1 Å². The SMILES string of the molecule is O=C(O)Cn1cc(-c2ccccc2)n(-c2ccc(Cl)cc2)c1=O.[NaH]. The summed E-state index contributed by atoms with van der Waals surface area (Å²) in [7, 11) is 0. The second-order valence-electron chi connectivity index (χ2n) is 5.00. The van der Waals surface area contributed by atoms with Gasteiger partial charge in [0, 0.05) is 16.8 Å². The molecule has 3 aromatic rings. The van der Waals surface area contributed by atoms with Crippen LogP contribution >= 0.6 is 11.6 Å². The molecule has 0 amide bonds. The Balaban J connectivity index is 0.00000208. The van der Waals surface area contributed by atoms with Gasteiger partial charge in [-0.2, -0.15) is 0 Å². The van der Waals surface area contributed by atoms with Crippen LogP contribution in [0.15, 0.2) is 65.6 Å². The van der Waals surface area contributed by atoms with Crippen molar-refractivity contribution in [3.63, 3.8) is 0 Å². The van der Waals surface area contributed by atoms with E-state index in [1.165, 1.54) is 9.13 Å². The van der Waals surface area contributed by atoms with Crippen molar-refractivity contribution in [2.45, 2.75) is 6.54 Å². The molecule has 0 aliphatic carbocycles. The van der Waals surface area contributed by atoms with Gasteiger partial charge in [0.1, 0.15) is 6.54 Å². The van der Waals surface area contributed by atoms with Crippen molar-refractivity contribution >= 4 is 47.1 Å². The summed E-state index contributed by atoms with van der Waals surface area (Å²) in [6.07, 6.45) is 1.56. The first kappa shape index (κ1) is 18.5. The summed E-state index contributed by atoms with van der Waals surface area (Å²) in [5.41, 5.74) is 1.67. The summed E-state index contributed by atoms with van der Waals surface area (Å²) < 4.78 is 2.66. The summed E-state index contributed by atoms with van der Waals surface area (Å²) in [6.45, 7) is -0.390. The molecule has 0 spiro atoms. The zero-order valence-corrected chi connectivity index (χ0v) is 12.8. The molecule has 0 atom stereocenters. The molecule has 1 N–H and O–H groups in total. The van der Waals surface area contributed by atoms with Gasteiger partial charge in [-0.15, -0.1) is 0 Å². The quantitative estimate of drug-likeness (QED) is 0.733. The number of carboxylic acids is 1. The van der Waals surface area contributed by atoms with Crippen LogP contribution in [-0.4, -0.2) is 49.8 Å². The van der Waals surface area contributed by atoms with Gasteiger partial charge in [0.2, 0.25) is 0 Å². The van der Waals surface area contributed by atoms with Crippen LogP contribution in [0.2, 0.25) is 5.02 Å². The minimum absolute atomic E-state index is 0. The van der Waals surface area contributed by atoms with E-state index in [0.29, 0.717) is 16.4 Å². The summed E-state index contributed by atoms with van der Waals surface area (Å²) in [6, 6.07) is 16.2. The van der Waals surface area contributed by atoms with Crippen molar-refractivity contribution in [2.75, 3.05) is 0 Å². The van der Waals surface area contributed by atoms with Crippen LogP contribution in [0.5, 0.6) is 0 Å². The number of aromatic nitrogens is 2. The number of hydrogen-bond donors (Lipinski definition) is 1. The van der Waals surface area contributed by atoms with Gasteiger partial charge >= 0.3 is 41.2 Å². The van der Waals surface area contributed by atoms with Crippen LogP contribution in [0.25, 0.3) is 16.9 Å². The van der Waals surface area contributed by atoms with Gasteiger partial charge in [-0.3, -0.25) is 13.9 Å². The van der Waals surface area contributed by atoms with E-state index in [2.05, 4.69) is 0 Å². The molecule has 3 rings (SSSR count). The van der Waals surface area contributed by atoms with E-state index in [4.69, 9.17) is 16.7 Å². The zero-order chi connectivity index (χ0) is 16.4. The van der Waals surface area contributed by atoms with E-state index >= 15 is 0 Å². The molecule has 0 saturated carbocycles. The van der Waals surface area contributed by atoms with Crippen molar-refractivity contribution in [3.05, 3.63) is 76.3 Å². The molecule has 24 heavy (non-hydrogen) atoms. The number of halogens is 1. The Morgan fingerprint density at radius 2 is 1.67 bits per heavy atom. The molecular weight excluding hydrogens is 339 g/mol. The van der Waals surface area contributed by atoms with Gasteiger partial charge in [0.05, 0.1) is 11.4 Å². The third-order valence-corrected chi connectivity index (χ3v) is 3.67. The number of aliphatic carboxylic acids is 1. The molecule has 0 fully saturated rings. The fourth-order valence-electron chi connectivity index (χ4n) is 2.40. The van der Waals surface area contributed by atoms with Crippen LogP contribution in [0.1, 0.15) is 0 Å². The molecule has 1 aromatic heterocycles.